The molecule has 0 aromatic carbocycles. The number of hydrogen-bond acceptors (Lipinski definition) is 5. The summed E-state index contributed by atoms with van der Waals surface area (Å²) in [6.07, 6.45) is 0. The molecule has 0 saturated heterocycles. The van der Waals surface area contributed by atoms with Crippen LogP contribution in [0.2, 0.25) is 0 Å². The third-order valence-electron chi connectivity index (χ3n) is 0.714. The van der Waals surface area contributed by atoms with Crippen LogP contribution in [-0.4, -0.2) is 35.2 Å². The van der Waals surface area contributed by atoms with Gasteiger partial charge in [0, 0.05) is 0 Å². The van der Waals surface area contributed by atoms with E-state index in [9.17, 15) is 9.59 Å². The highest BCUT2D eigenvalue weighted by Crippen LogP contribution is 1.88. The number of aliphatic carboxylic acids is 1. The lowest BCUT2D eigenvalue weighted by atomic mass is 10.5. The van der Waals surface area contributed by atoms with Crippen molar-refractivity contribution in [1.29, 1.82) is 0 Å². The summed E-state index contributed by atoms with van der Waals surface area (Å²) in [7, 11) is 1.33. The SMILES string of the molecule is CC(S)C(=O)O.COC(=O)CS. The second kappa shape index (κ2) is 8.73. The van der Waals surface area contributed by atoms with Crippen LogP contribution in [0.25, 0.3) is 0 Å². The van der Waals surface area contributed by atoms with Crippen molar-refractivity contribution in [3.63, 3.8) is 0 Å². The van der Waals surface area contributed by atoms with Crippen molar-refractivity contribution in [2.45, 2.75) is 12.2 Å². The highest BCUT2D eigenvalue weighted by molar-refractivity contribution is 7.81. The second-order valence-electron chi connectivity index (χ2n) is 1.75. The Morgan fingerprint density at radius 1 is 1.58 bits per heavy atom. The fourth-order valence-electron chi connectivity index (χ4n) is 0.0645. The van der Waals surface area contributed by atoms with Gasteiger partial charge in [-0.25, -0.2) is 0 Å². The second-order valence-corrected chi connectivity index (χ2v) is 2.84. The van der Waals surface area contributed by atoms with Crippen molar-refractivity contribution >= 4 is 37.2 Å². The molecular weight excluding hydrogens is 200 g/mol. The predicted octanol–water partition coefficient (Wildman–Crippen LogP) is 0.478. The molecule has 0 rings (SSSR count). The molecule has 72 valence electrons. The molecule has 6 heteroatoms. The molecule has 0 bridgehead atoms. The number of carboxylic acids is 1. The molecule has 0 radical (unpaired) electrons. The van der Waals surface area contributed by atoms with Crippen molar-refractivity contribution < 1.29 is 19.4 Å². The van der Waals surface area contributed by atoms with Crippen LogP contribution in [0.15, 0.2) is 0 Å². The minimum Gasteiger partial charge on any atom is -0.480 e. The molecule has 12 heavy (non-hydrogen) atoms. The Hall–Kier alpha value is -0.360. The molecule has 1 atom stereocenters. The van der Waals surface area contributed by atoms with E-state index in [1.165, 1.54) is 14.0 Å². The van der Waals surface area contributed by atoms with E-state index in [-0.39, 0.29) is 11.7 Å². The van der Waals surface area contributed by atoms with Gasteiger partial charge < -0.3 is 9.84 Å². The maximum absolute atomic E-state index is 9.88. The van der Waals surface area contributed by atoms with E-state index in [0.29, 0.717) is 0 Å². The van der Waals surface area contributed by atoms with E-state index in [0.717, 1.165) is 0 Å². The molecular formula is C6H12O4S2. The Labute approximate surface area is 82.1 Å². The van der Waals surface area contributed by atoms with E-state index >= 15 is 0 Å². The normalized spacial score (nSPS) is 10.7. The first-order valence-electron chi connectivity index (χ1n) is 3.04. The monoisotopic (exact) mass is 212 g/mol. The Kier molecular flexibility index (Phi) is 10.3. The van der Waals surface area contributed by atoms with Crippen LogP contribution in [-0.2, 0) is 14.3 Å². The Morgan fingerprint density at radius 3 is 1.92 bits per heavy atom. The van der Waals surface area contributed by atoms with Gasteiger partial charge in [0.2, 0.25) is 0 Å². The fourth-order valence-corrected chi connectivity index (χ4v) is 0.194. The van der Waals surface area contributed by atoms with E-state index in [1.807, 2.05) is 0 Å². The number of hydrogen-bond donors (Lipinski definition) is 3. The van der Waals surface area contributed by atoms with Gasteiger partial charge in [-0.15, -0.1) is 0 Å². The van der Waals surface area contributed by atoms with Crippen LogP contribution < -0.4 is 0 Å². The van der Waals surface area contributed by atoms with E-state index in [4.69, 9.17) is 5.11 Å². The predicted molar refractivity (Wildman–Crippen MR) is 52.0 cm³/mol. The summed E-state index contributed by atoms with van der Waals surface area (Å²) in [6.45, 7) is 1.51. The third kappa shape index (κ3) is 12.3. The lowest BCUT2D eigenvalue weighted by molar-refractivity contribution is -0.137. The van der Waals surface area contributed by atoms with Crippen molar-refractivity contribution in [3.05, 3.63) is 0 Å². The summed E-state index contributed by atoms with van der Waals surface area (Å²) in [6, 6.07) is 0. The molecule has 0 aromatic rings. The number of ether oxygens (including phenoxy) is 1. The van der Waals surface area contributed by atoms with E-state index in [1.54, 1.807) is 0 Å². The molecule has 0 aliphatic heterocycles. The molecule has 0 spiro atoms. The largest absolute Gasteiger partial charge is 0.480 e. The van der Waals surface area contributed by atoms with Gasteiger partial charge in [0.25, 0.3) is 0 Å². The van der Waals surface area contributed by atoms with Crippen LogP contribution in [0.3, 0.4) is 0 Å². The van der Waals surface area contributed by atoms with Crippen LogP contribution in [0.4, 0.5) is 0 Å². The number of carbonyl (C=O) groups is 2. The molecule has 0 amide bonds. The van der Waals surface area contributed by atoms with Crippen LogP contribution in [0, 0.1) is 0 Å². The highest BCUT2D eigenvalue weighted by Gasteiger charge is 2.00. The summed E-state index contributed by atoms with van der Waals surface area (Å²) in [5.74, 6) is -1.01. The zero-order valence-electron chi connectivity index (χ0n) is 6.85. The molecule has 0 aromatic heterocycles. The average Bonchev–Trinajstić information content (AvgIpc) is 2.04. The third-order valence-corrected chi connectivity index (χ3v) is 1.19. The van der Waals surface area contributed by atoms with Gasteiger partial charge in [-0.1, -0.05) is 0 Å². The standard InChI is InChI=1S/2C3H6O2S/c1-5-3(4)2-6;1-2(6)3(4)5/h6H,2H2,1H3;2,6H,1H3,(H,4,5). The fraction of sp³-hybridized carbons (Fsp3) is 0.667. The lowest BCUT2D eigenvalue weighted by Gasteiger charge is -1.88. The molecule has 4 nitrogen and oxygen atoms in total. The highest BCUT2D eigenvalue weighted by atomic mass is 32.1. The van der Waals surface area contributed by atoms with Gasteiger partial charge in [-0.05, 0) is 6.92 Å². The first-order valence-corrected chi connectivity index (χ1v) is 4.19. The number of methoxy groups -OCH3 is 1. The van der Waals surface area contributed by atoms with Gasteiger partial charge in [0.15, 0.2) is 0 Å². The number of rotatable bonds is 2. The van der Waals surface area contributed by atoms with Crippen LogP contribution in [0.1, 0.15) is 6.92 Å². The summed E-state index contributed by atoms with van der Waals surface area (Å²) in [5.41, 5.74) is 0. The van der Waals surface area contributed by atoms with Crippen LogP contribution >= 0.6 is 25.3 Å². The summed E-state index contributed by atoms with van der Waals surface area (Å²) in [4.78, 5) is 19.5. The zero-order valence-corrected chi connectivity index (χ0v) is 8.64. The Bertz CT molecular complexity index is 138. The molecule has 0 aliphatic carbocycles. The lowest BCUT2D eigenvalue weighted by Crippen LogP contribution is -2.06. The number of carbonyl (C=O) groups excluding carboxylic acids is 1. The van der Waals surface area contributed by atoms with Gasteiger partial charge in [0.1, 0.15) is 0 Å². The maximum Gasteiger partial charge on any atom is 0.316 e. The summed E-state index contributed by atoms with van der Waals surface area (Å²) in [5, 5.41) is 7.38. The first-order chi connectivity index (χ1) is 5.45. The number of esters is 1. The Morgan fingerprint density at radius 2 is 1.92 bits per heavy atom. The first kappa shape index (κ1) is 14.2. The number of carboxylic acid groups (broad SMARTS) is 1. The molecule has 0 heterocycles. The van der Waals surface area contributed by atoms with E-state index in [2.05, 4.69) is 30.0 Å². The van der Waals surface area contributed by atoms with Gasteiger partial charge in [-0.2, -0.15) is 25.3 Å². The molecule has 0 saturated carbocycles. The van der Waals surface area contributed by atoms with Crippen molar-refractivity contribution in [3.8, 4) is 0 Å². The molecule has 0 aliphatic rings. The van der Waals surface area contributed by atoms with Gasteiger partial charge in [0.05, 0.1) is 18.1 Å². The molecule has 1 unspecified atom stereocenters. The van der Waals surface area contributed by atoms with Crippen molar-refractivity contribution in [2.75, 3.05) is 12.9 Å². The van der Waals surface area contributed by atoms with Crippen molar-refractivity contribution in [1.82, 2.24) is 0 Å². The van der Waals surface area contributed by atoms with Gasteiger partial charge >= 0.3 is 11.9 Å². The molecule has 0 fully saturated rings. The summed E-state index contributed by atoms with van der Waals surface area (Å²) >= 11 is 7.21. The average molecular weight is 212 g/mol. The maximum atomic E-state index is 9.88. The Balaban J connectivity index is 0. The van der Waals surface area contributed by atoms with E-state index < -0.39 is 11.2 Å². The summed E-state index contributed by atoms with van der Waals surface area (Å²) < 4.78 is 4.18. The minimum atomic E-state index is -0.877. The molecule has 1 N–H and O–H groups in total. The smallest absolute Gasteiger partial charge is 0.316 e. The van der Waals surface area contributed by atoms with Crippen molar-refractivity contribution in [2.24, 2.45) is 0 Å². The van der Waals surface area contributed by atoms with Crippen LogP contribution in [0.5, 0.6) is 0 Å². The van der Waals surface area contributed by atoms with Gasteiger partial charge in [-0.3, -0.25) is 9.59 Å². The zero-order chi connectivity index (χ0) is 10.1. The number of thiol groups is 2. The topological polar surface area (TPSA) is 63.6 Å². The minimum absolute atomic E-state index is 0.163. The quantitative estimate of drug-likeness (QED) is 0.460.